The largest absolute Gasteiger partial charge is 0.357 e. The molecule has 2 amide bonds. The monoisotopic (exact) mass is 487 g/mol. The molecule has 0 bridgehead atoms. The molecule has 1 aromatic heterocycles. The number of sulfonamides is 1. The molecular formula is C25H37N5O3S. The molecule has 34 heavy (non-hydrogen) atoms. The van der Waals surface area contributed by atoms with Gasteiger partial charge in [-0.2, -0.15) is 4.31 Å². The van der Waals surface area contributed by atoms with E-state index >= 15 is 0 Å². The van der Waals surface area contributed by atoms with E-state index in [1.165, 1.54) is 30.0 Å². The third-order valence-electron chi connectivity index (χ3n) is 6.26. The first kappa shape index (κ1) is 26.0. The first-order valence-corrected chi connectivity index (χ1v) is 13.6. The Morgan fingerprint density at radius 2 is 1.68 bits per heavy atom. The van der Waals surface area contributed by atoms with E-state index in [0.717, 1.165) is 30.0 Å². The van der Waals surface area contributed by atoms with Crippen LogP contribution in [-0.2, 0) is 16.6 Å². The van der Waals surface area contributed by atoms with Gasteiger partial charge in [0.1, 0.15) is 5.82 Å². The smallest absolute Gasteiger partial charge is 0.315 e. The standard InChI is InChI=1S/C25H37N5O3S/c1-4-30(5-2)34(32,33)23-13-11-22(12-14-23)20(3)28-25(31)27-19-21-10-15-24(26-18-21)29-16-8-6-7-9-17-29/h10-15,18,20H,4-9,16-17,19H2,1-3H3,(H2,27,28,31). The lowest BCUT2D eigenvalue weighted by atomic mass is 10.1. The number of hydrogen-bond acceptors (Lipinski definition) is 5. The van der Waals surface area contributed by atoms with Crippen molar-refractivity contribution in [1.82, 2.24) is 19.9 Å². The van der Waals surface area contributed by atoms with Crippen LogP contribution in [0.25, 0.3) is 0 Å². The first-order chi connectivity index (χ1) is 16.3. The second kappa shape index (κ2) is 12.2. The maximum atomic E-state index is 12.6. The molecule has 1 fully saturated rings. The molecule has 2 N–H and O–H groups in total. The van der Waals surface area contributed by atoms with Gasteiger partial charge in [0, 0.05) is 38.9 Å². The second-order valence-corrected chi connectivity index (χ2v) is 10.6. The minimum atomic E-state index is -3.49. The zero-order chi connectivity index (χ0) is 24.6. The van der Waals surface area contributed by atoms with Crippen LogP contribution in [0.4, 0.5) is 10.6 Å². The quantitative estimate of drug-likeness (QED) is 0.556. The van der Waals surface area contributed by atoms with Crippen LogP contribution >= 0.6 is 0 Å². The summed E-state index contributed by atoms with van der Waals surface area (Å²) in [5, 5.41) is 5.77. The van der Waals surface area contributed by atoms with Gasteiger partial charge >= 0.3 is 6.03 Å². The zero-order valence-electron chi connectivity index (χ0n) is 20.5. The van der Waals surface area contributed by atoms with Crippen molar-refractivity contribution in [1.29, 1.82) is 0 Å². The summed E-state index contributed by atoms with van der Waals surface area (Å²) >= 11 is 0. The van der Waals surface area contributed by atoms with E-state index in [-0.39, 0.29) is 17.0 Å². The van der Waals surface area contributed by atoms with Crippen molar-refractivity contribution in [2.24, 2.45) is 0 Å². The van der Waals surface area contributed by atoms with Crippen molar-refractivity contribution in [2.75, 3.05) is 31.1 Å². The van der Waals surface area contributed by atoms with E-state index in [1.807, 2.05) is 39.1 Å². The molecule has 1 atom stereocenters. The fourth-order valence-electron chi connectivity index (χ4n) is 4.16. The topological polar surface area (TPSA) is 94.6 Å². The molecule has 8 nitrogen and oxygen atoms in total. The molecule has 3 rings (SSSR count). The summed E-state index contributed by atoms with van der Waals surface area (Å²) in [6, 6.07) is 10.1. The van der Waals surface area contributed by atoms with E-state index in [0.29, 0.717) is 19.6 Å². The highest BCUT2D eigenvalue weighted by molar-refractivity contribution is 7.89. The van der Waals surface area contributed by atoms with Crippen LogP contribution in [0, 0.1) is 0 Å². The van der Waals surface area contributed by atoms with E-state index in [9.17, 15) is 13.2 Å². The Morgan fingerprint density at radius 3 is 2.24 bits per heavy atom. The minimum Gasteiger partial charge on any atom is -0.357 e. The number of rotatable bonds is 9. The minimum absolute atomic E-state index is 0.257. The summed E-state index contributed by atoms with van der Waals surface area (Å²) in [4.78, 5) is 19.6. The summed E-state index contributed by atoms with van der Waals surface area (Å²) in [5.41, 5.74) is 1.77. The summed E-state index contributed by atoms with van der Waals surface area (Å²) < 4.78 is 26.7. The molecular weight excluding hydrogens is 450 g/mol. The lowest BCUT2D eigenvalue weighted by Gasteiger charge is -2.21. The van der Waals surface area contributed by atoms with E-state index < -0.39 is 10.0 Å². The van der Waals surface area contributed by atoms with Gasteiger partial charge in [0.05, 0.1) is 10.9 Å². The lowest BCUT2D eigenvalue weighted by Crippen LogP contribution is -2.36. The van der Waals surface area contributed by atoms with Gasteiger partial charge in [0.15, 0.2) is 0 Å². The second-order valence-electron chi connectivity index (χ2n) is 8.63. The van der Waals surface area contributed by atoms with Crippen molar-refractivity contribution < 1.29 is 13.2 Å². The molecule has 2 heterocycles. The number of anilines is 1. The van der Waals surface area contributed by atoms with Crippen molar-refractivity contribution in [2.45, 2.75) is 63.9 Å². The molecule has 2 aromatic rings. The normalized spacial score (nSPS) is 15.6. The number of urea groups is 1. The van der Waals surface area contributed by atoms with Crippen molar-refractivity contribution in [3.05, 3.63) is 53.7 Å². The molecule has 0 aliphatic carbocycles. The van der Waals surface area contributed by atoms with Crippen LogP contribution < -0.4 is 15.5 Å². The molecule has 0 spiro atoms. The summed E-state index contributed by atoms with van der Waals surface area (Å²) in [6.07, 6.45) is 6.80. The van der Waals surface area contributed by atoms with Crippen LogP contribution in [0.1, 0.15) is 63.6 Å². The van der Waals surface area contributed by atoms with Crippen molar-refractivity contribution in [3.8, 4) is 0 Å². The molecule has 1 aliphatic rings. The zero-order valence-corrected chi connectivity index (χ0v) is 21.3. The molecule has 1 aromatic carbocycles. The van der Waals surface area contributed by atoms with Gasteiger partial charge < -0.3 is 15.5 Å². The van der Waals surface area contributed by atoms with Crippen LogP contribution in [-0.4, -0.2) is 49.9 Å². The van der Waals surface area contributed by atoms with E-state index in [1.54, 1.807) is 24.3 Å². The Morgan fingerprint density at radius 1 is 1.03 bits per heavy atom. The first-order valence-electron chi connectivity index (χ1n) is 12.2. The number of hydrogen-bond donors (Lipinski definition) is 2. The number of aromatic nitrogens is 1. The molecule has 0 saturated carbocycles. The van der Waals surface area contributed by atoms with Gasteiger partial charge in [-0.3, -0.25) is 0 Å². The number of pyridine rings is 1. The Bertz CT molecular complexity index is 1010. The molecule has 1 unspecified atom stereocenters. The Balaban J connectivity index is 1.51. The summed E-state index contributed by atoms with van der Waals surface area (Å²) in [6.45, 7) is 8.84. The molecule has 1 aliphatic heterocycles. The van der Waals surface area contributed by atoms with Crippen molar-refractivity contribution in [3.63, 3.8) is 0 Å². The summed E-state index contributed by atoms with van der Waals surface area (Å²) in [7, 11) is -3.49. The highest BCUT2D eigenvalue weighted by Crippen LogP contribution is 2.20. The number of benzene rings is 1. The molecule has 0 radical (unpaired) electrons. The Kier molecular flexibility index (Phi) is 9.29. The van der Waals surface area contributed by atoms with Crippen LogP contribution in [0.5, 0.6) is 0 Å². The van der Waals surface area contributed by atoms with E-state index in [2.05, 4.69) is 20.5 Å². The van der Waals surface area contributed by atoms with Gasteiger partial charge in [0.2, 0.25) is 10.0 Å². The third-order valence-corrected chi connectivity index (χ3v) is 8.33. The maximum absolute atomic E-state index is 12.6. The number of carbonyl (C=O) groups excluding carboxylic acids is 1. The number of nitrogens with one attached hydrogen (secondary N) is 2. The number of carbonyl (C=O) groups is 1. The maximum Gasteiger partial charge on any atom is 0.315 e. The van der Waals surface area contributed by atoms with Crippen molar-refractivity contribution >= 4 is 21.9 Å². The van der Waals surface area contributed by atoms with Gasteiger partial charge in [-0.05, 0) is 49.1 Å². The van der Waals surface area contributed by atoms with Crippen LogP contribution in [0.15, 0.2) is 47.5 Å². The van der Waals surface area contributed by atoms with E-state index in [4.69, 9.17) is 0 Å². The van der Waals surface area contributed by atoms with Gasteiger partial charge in [-0.25, -0.2) is 18.2 Å². The molecule has 1 saturated heterocycles. The average Bonchev–Trinajstić information content (AvgIpc) is 3.13. The Labute approximate surface area is 203 Å². The predicted octanol–water partition coefficient (Wildman–Crippen LogP) is 4.05. The van der Waals surface area contributed by atoms with Gasteiger partial charge in [-0.15, -0.1) is 0 Å². The van der Waals surface area contributed by atoms with Gasteiger partial charge in [-0.1, -0.05) is 44.9 Å². The number of nitrogens with zero attached hydrogens (tertiary/aromatic N) is 3. The highest BCUT2D eigenvalue weighted by Gasteiger charge is 2.21. The SMILES string of the molecule is CCN(CC)S(=O)(=O)c1ccc(C(C)NC(=O)NCc2ccc(N3CCCCCC3)nc2)cc1. The highest BCUT2D eigenvalue weighted by atomic mass is 32.2. The fraction of sp³-hybridized carbons (Fsp3) is 0.520. The fourth-order valence-corrected chi connectivity index (χ4v) is 5.62. The van der Waals surface area contributed by atoms with Gasteiger partial charge in [0.25, 0.3) is 0 Å². The lowest BCUT2D eigenvalue weighted by molar-refractivity contribution is 0.237. The van der Waals surface area contributed by atoms with Crippen LogP contribution in [0.2, 0.25) is 0 Å². The Hall–Kier alpha value is -2.65. The number of amides is 2. The van der Waals surface area contributed by atoms with Crippen LogP contribution in [0.3, 0.4) is 0 Å². The average molecular weight is 488 g/mol. The summed E-state index contributed by atoms with van der Waals surface area (Å²) in [5.74, 6) is 0.996. The third kappa shape index (κ3) is 6.70. The molecule has 9 heteroatoms. The molecule has 186 valence electrons. The predicted molar refractivity (Wildman–Crippen MR) is 135 cm³/mol.